The second kappa shape index (κ2) is 6.17. The molecule has 0 radical (unpaired) electrons. The lowest BCUT2D eigenvalue weighted by atomic mass is 9.94. The van der Waals surface area contributed by atoms with Crippen molar-refractivity contribution in [2.45, 2.75) is 25.7 Å². The number of piperidine rings is 1. The Hall–Kier alpha value is -2.37. The summed E-state index contributed by atoms with van der Waals surface area (Å²) in [5, 5.41) is 9.87. The number of nitrogens with zero attached hydrogens (tertiary/aromatic N) is 2. The minimum absolute atomic E-state index is 0.0554. The van der Waals surface area contributed by atoms with E-state index in [1.807, 2.05) is 18.3 Å². The van der Waals surface area contributed by atoms with Gasteiger partial charge in [0.1, 0.15) is 5.65 Å². The van der Waals surface area contributed by atoms with E-state index in [9.17, 15) is 9.59 Å². The van der Waals surface area contributed by atoms with Crippen molar-refractivity contribution in [2.75, 3.05) is 13.1 Å². The first-order valence-corrected chi connectivity index (χ1v) is 7.54. The SMILES string of the molecule is O=C(O)CC1CCCN(C(=O)Cc2c[nH]c3ncccc23)C1. The normalized spacial score (nSPS) is 18.5. The molecule has 2 aromatic heterocycles. The average Bonchev–Trinajstić information content (AvgIpc) is 2.90. The quantitative estimate of drug-likeness (QED) is 0.902. The van der Waals surface area contributed by atoms with Crippen molar-refractivity contribution in [1.29, 1.82) is 0 Å². The molecule has 1 fully saturated rings. The van der Waals surface area contributed by atoms with Crippen LogP contribution in [-0.2, 0) is 16.0 Å². The Morgan fingerprint density at radius 3 is 3.14 bits per heavy atom. The fourth-order valence-electron chi connectivity index (χ4n) is 3.14. The van der Waals surface area contributed by atoms with Gasteiger partial charge in [-0.3, -0.25) is 9.59 Å². The zero-order chi connectivity index (χ0) is 15.5. The lowest BCUT2D eigenvalue weighted by Crippen LogP contribution is -2.41. The molecule has 0 aliphatic carbocycles. The van der Waals surface area contributed by atoms with Gasteiger partial charge in [-0.1, -0.05) is 0 Å². The van der Waals surface area contributed by atoms with Gasteiger partial charge in [0.2, 0.25) is 5.91 Å². The summed E-state index contributed by atoms with van der Waals surface area (Å²) in [5.41, 5.74) is 1.72. The van der Waals surface area contributed by atoms with Crippen LogP contribution in [0.1, 0.15) is 24.8 Å². The summed E-state index contributed by atoms with van der Waals surface area (Å²) in [6.07, 6.45) is 5.76. The Bertz CT molecular complexity index is 695. The molecule has 0 saturated carbocycles. The Morgan fingerprint density at radius 1 is 1.45 bits per heavy atom. The van der Waals surface area contributed by atoms with E-state index in [0.29, 0.717) is 13.0 Å². The number of carboxylic acids is 1. The number of likely N-dealkylation sites (tertiary alicyclic amines) is 1. The average molecular weight is 301 g/mol. The maximum Gasteiger partial charge on any atom is 0.303 e. The number of carboxylic acid groups (broad SMARTS) is 1. The number of nitrogens with one attached hydrogen (secondary N) is 1. The number of carbonyl (C=O) groups excluding carboxylic acids is 1. The summed E-state index contributed by atoms with van der Waals surface area (Å²) in [6, 6.07) is 3.80. The van der Waals surface area contributed by atoms with E-state index in [-0.39, 0.29) is 18.2 Å². The molecule has 3 rings (SSSR count). The maximum atomic E-state index is 12.5. The molecule has 22 heavy (non-hydrogen) atoms. The highest BCUT2D eigenvalue weighted by molar-refractivity contribution is 5.87. The van der Waals surface area contributed by atoms with E-state index < -0.39 is 5.97 Å². The van der Waals surface area contributed by atoms with Crippen molar-refractivity contribution in [2.24, 2.45) is 5.92 Å². The number of aliphatic carboxylic acids is 1. The van der Waals surface area contributed by atoms with Crippen molar-refractivity contribution < 1.29 is 14.7 Å². The summed E-state index contributed by atoms with van der Waals surface area (Å²) in [5.74, 6) is -0.665. The van der Waals surface area contributed by atoms with Crippen LogP contribution in [0.5, 0.6) is 0 Å². The fourth-order valence-corrected chi connectivity index (χ4v) is 3.14. The smallest absolute Gasteiger partial charge is 0.303 e. The van der Waals surface area contributed by atoms with Crippen LogP contribution < -0.4 is 0 Å². The third-order valence-electron chi connectivity index (χ3n) is 4.21. The predicted octanol–water partition coefficient (Wildman–Crippen LogP) is 1.82. The van der Waals surface area contributed by atoms with Crippen LogP contribution in [0.4, 0.5) is 0 Å². The monoisotopic (exact) mass is 301 g/mol. The molecule has 116 valence electrons. The topological polar surface area (TPSA) is 86.3 Å². The zero-order valence-corrected chi connectivity index (χ0v) is 12.3. The van der Waals surface area contributed by atoms with Gasteiger partial charge in [0.25, 0.3) is 0 Å². The molecule has 3 heterocycles. The molecule has 2 N–H and O–H groups in total. The summed E-state index contributed by atoms with van der Waals surface area (Å²) in [4.78, 5) is 32.4. The lowest BCUT2D eigenvalue weighted by Gasteiger charge is -2.32. The molecule has 1 aliphatic rings. The van der Waals surface area contributed by atoms with E-state index in [2.05, 4.69) is 9.97 Å². The third-order valence-corrected chi connectivity index (χ3v) is 4.21. The van der Waals surface area contributed by atoms with Crippen molar-refractivity contribution in [3.05, 3.63) is 30.1 Å². The van der Waals surface area contributed by atoms with Crippen LogP contribution >= 0.6 is 0 Å². The Morgan fingerprint density at radius 2 is 2.32 bits per heavy atom. The van der Waals surface area contributed by atoms with Crippen LogP contribution in [0.3, 0.4) is 0 Å². The molecule has 1 atom stereocenters. The molecule has 0 spiro atoms. The minimum atomic E-state index is -0.790. The molecular formula is C16H19N3O3. The number of amides is 1. The van der Waals surface area contributed by atoms with E-state index in [1.165, 1.54) is 0 Å². The van der Waals surface area contributed by atoms with Crippen LogP contribution in [0.15, 0.2) is 24.5 Å². The second-order valence-electron chi connectivity index (χ2n) is 5.84. The van der Waals surface area contributed by atoms with Gasteiger partial charge in [-0.2, -0.15) is 0 Å². The number of rotatable bonds is 4. The first-order valence-electron chi connectivity index (χ1n) is 7.54. The number of aromatic amines is 1. The van der Waals surface area contributed by atoms with E-state index in [1.54, 1.807) is 11.1 Å². The van der Waals surface area contributed by atoms with Gasteiger partial charge in [-0.05, 0) is 36.5 Å². The van der Waals surface area contributed by atoms with Crippen molar-refractivity contribution in [3.63, 3.8) is 0 Å². The number of pyridine rings is 1. The van der Waals surface area contributed by atoms with Gasteiger partial charge in [-0.15, -0.1) is 0 Å². The van der Waals surface area contributed by atoms with Crippen molar-refractivity contribution in [3.8, 4) is 0 Å². The molecule has 6 nitrogen and oxygen atoms in total. The Kier molecular flexibility index (Phi) is 4.09. The molecule has 2 aromatic rings. The molecule has 6 heteroatoms. The number of H-pyrrole nitrogens is 1. The number of hydrogen-bond donors (Lipinski definition) is 2. The number of hydrogen-bond acceptors (Lipinski definition) is 3. The number of aromatic nitrogens is 2. The van der Waals surface area contributed by atoms with Crippen LogP contribution in [-0.4, -0.2) is 44.9 Å². The van der Waals surface area contributed by atoms with E-state index >= 15 is 0 Å². The largest absolute Gasteiger partial charge is 0.481 e. The van der Waals surface area contributed by atoms with E-state index in [0.717, 1.165) is 36.0 Å². The van der Waals surface area contributed by atoms with Crippen LogP contribution in [0.25, 0.3) is 11.0 Å². The zero-order valence-electron chi connectivity index (χ0n) is 12.3. The van der Waals surface area contributed by atoms with Crippen molar-refractivity contribution in [1.82, 2.24) is 14.9 Å². The fraction of sp³-hybridized carbons (Fsp3) is 0.438. The highest BCUT2D eigenvalue weighted by atomic mass is 16.4. The predicted molar refractivity (Wildman–Crippen MR) is 81.4 cm³/mol. The molecule has 1 aliphatic heterocycles. The summed E-state index contributed by atoms with van der Waals surface area (Å²) in [6.45, 7) is 1.27. The van der Waals surface area contributed by atoms with Gasteiger partial charge in [0, 0.05) is 37.3 Å². The maximum absolute atomic E-state index is 12.5. The van der Waals surface area contributed by atoms with Crippen molar-refractivity contribution >= 4 is 22.9 Å². The molecule has 0 aromatic carbocycles. The van der Waals surface area contributed by atoms with Gasteiger partial charge in [0.15, 0.2) is 0 Å². The lowest BCUT2D eigenvalue weighted by molar-refractivity contribution is -0.140. The first-order chi connectivity index (χ1) is 10.6. The summed E-state index contributed by atoms with van der Waals surface area (Å²) in [7, 11) is 0. The molecular weight excluding hydrogens is 282 g/mol. The Balaban J connectivity index is 1.67. The molecule has 1 saturated heterocycles. The molecule has 1 unspecified atom stereocenters. The second-order valence-corrected chi connectivity index (χ2v) is 5.84. The van der Waals surface area contributed by atoms with E-state index in [4.69, 9.17) is 5.11 Å². The highest BCUT2D eigenvalue weighted by Crippen LogP contribution is 2.22. The third kappa shape index (κ3) is 3.10. The molecule has 0 bridgehead atoms. The van der Waals surface area contributed by atoms with Gasteiger partial charge in [0.05, 0.1) is 6.42 Å². The van der Waals surface area contributed by atoms with Crippen LogP contribution in [0, 0.1) is 5.92 Å². The number of fused-ring (bicyclic) bond motifs is 1. The molecule has 1 amide bonds. The van der Waals surface area contributed by atoms with Gasteiger partial charge >= 0.3 is 5.97 Å². The first kappa shape index (κ1) is 14.6. The summed E-state index contributed by atoms with van der Waals surface area (Å²) >= 11 is 0. The number of carbonyl (C=O) groups is 2. The standard InChI is InChI=1S/C16H19N3O3/c20-14(19-6-2-3-11(10-19)7-15(21)22)8-12-9-18-16-13(12)4-1-5-17-16/h1,4-5,9,11H,2-3,6-8,10H2,(H,17,18)(H,21,22). The van der Waals surface area contributed by atoms with Crippen LogP contribution in [0.2, 0.25) is 0 Å². The minimum Gasteiger partial charge on any atom is -0.481 e. The highest BCUT2D eigenvalue weighted by Gasteiger charge is 2.25. The van der Waals surface area contributed by atoms with Gasteiger partial charge in [-0.25, -0.2) is 4.98 Å². The Labute approximate surface area is 128 Å². The summed E-state index contributed by atoms with van der Waals surface area (Å²) < 4.78 is 0. The van der Waals surface area contributed by atoms with Gasteiger partial charge < -0.3 is 15.0 Å².